The third-order valence-corrected chi connectivity index (χ3v) is 4.64. The van der Waals surface area contributed by atoms with E-state index in [4.69, 9.17) is 0 Å². The number of carbonyl (C=O) groups is 1. The Hall–Kier alpha value is -2.81. The summed E-state index contributed by atoms with van der Waals surface area (Å²) in [6.45, 7) is 2.37. The van der Waals surface area contributed by atoms with E-state index >= 15 is 0 Å². The minimum atomic E-state index is -0.849. The zero-order chi connectivity index (χ0) is 19.4. The molecule has 27 heavy (non-hydrogen) atoms. The Bertz CT molecular complexity index is 957. The van der Waals surface area contributed by atoms with Crippen LogP contribution in [0.3, 0.4) is 0 Å². The van der Waals surface area contributed by atoms with Crippen LogP contribution < -0.4 is 5.32 Å². The van der Waals surface area contributed by atoms with E-state index in [0.717, 1.165) is 23.9 Å². The van der Waals surface area contributed by atoms with Crippen LogP contribution >= 0.6 is 11.8 Å². The van der Waals surface area contributed by atoms with Crippen LogP contribution in [0.25, 0.3) is 11.4 Å². The number of nitrogens with one attached hydrogen (secondary N) is 1. The minimum absolute atomic E-state index is 0.116. The van der Waals surface area contributed by atoms with E-state index < -0.39 is 29.0 Å². The highest BCUT2D eigenvalue weighted by molar-refractivity contribution is 7.99. The predicted molar refractivity (Wildman–Crippen MR) is 96.8 cm³/mol. The third-order valence-electron chi connectivity index (χ3n) is 3.68. The molecule has 1 aromatic heterocycles. The molecule has 3 aromatic rings. The van der Waals surface area contributed by atoms with Crippen LogP contribution in [0, 0.1) is 17.5 Å². The highest BCUT2D eigenvalue weighted by Crippen LogP contribution is 2.25. The summed E-state index contributed by atoms with van der Waals surface area (Å²) in [6, 6.07) is 9.29. The summed E-state index contributed by atoms with van der Waals surface area (Å²) in [7, 11) is 0. The number of anilines is 1. The number of benzene rings is 2. The largest absolute Gasteiger partial charge is 0.320 e. The van der Waals surface area contributed by atoms with Crippen LogP contribution in [0.4, 0.5) is 18.9 Å². The maximum absolute atomic E-state index is 13.6. The van der Waals surface area contributed by atoms with Crippen LogP contribution in [0.2, 0.25) is 0 Å². The number of carbonyl (C=O) groups excluding carboxylic acids is 1. The number of amides is 1. The Balaban J connectivity index is 1.72. The molecular formula is C18H15F3N4OS. The van der Waals surface area contributed by atoms with Gasteiger partial charge in [0.1, 0.15) is 23.1 Å². The van der Waals surface area contributed by atoms with Gasteiger partial charge in [-0.15, -0.1) is 10.2 Å². The second-order valence-electron chi connectivity index (χ2n) is 5.49. The van der Waals surface area contributed by atoms with Crippen LogP contribution in [0.5, 0.6) is 0 Å². The minimum Gasteiger partial charge on any atom is -0.320 e. The normalized spacial score (nSPS) is 10.8. The fourth-order valence-corrected chi connectivity index (χ4v) is 3.25. The van der Waals surface area contributed by atoms with E-state index in [1.54, 1.807) is 16.7 Å². The summed E-state index contributed by atoms with van der Waals surface area (Å²) in [5.41, 5.74) is 0.0783. The van der Waals surface area contributed by atoms with E-state index in [0.29, 0.717) is 23.1 Å². The molecule has 0 saturated carbocycles. The number of thioether (sulfide) groups is 1. The molecule has 0 radical (unpaired) electrons. The van der Waals surface area contributed by atoms with E-state index in [1.165, 1.54) is 18.2 Å². The molecule has 0 aliphatic heterocycles. The third kappa shape index (κ3) is 4.30. The van der Waals surface area contributed by atoms with Crippen molar-refractivity contribution in [3.8, 4) is 11.4 Å². The Morgan fingerprint density at radius 1 is 1.11 bits per heavy atom. The van der Waals surface area contributed by atoms with Crippen molar-refractivity contribution in [2.24, 2.45) is 0 Å². The fourth-order valence-electron chi connectivity index (χ4n) is 2.44. The van der Waals surface area contributed by atoms with Crippen molar-refractivity contribution in [3.63, 3.8) is 0 Å². The van der Waals surface area contributed by atoms with Gasteiger partial charge in [0.25, 0.3) is 0 Å². The van der Waals surface area contributed by atoms with E-state index in [2.05, 4.69) is 15.5 Å². The molecule has 5 nitrogen and oxygen atoms in total. The van der Waals surface area contributed by atoms with Gasteiger partial charge in [0.2, 0.25) is 5.91 Å². The van der Waals surface area contributed by atoms with Crippen molar-refractivity contribution in [1.29, 1.82) is 0 Å². The zero-order valence-corrected chi connectivity index (χ0v) is 15.1. The number of rotatable bonds is 6. The first-order valence-corrected chi connectivity index (χ1v) is 9.04. The monoisotopic (exact) mass is 392 g/mol. The molecule has 1 heterocycles. The lowest BCUT2D eigenvalue weighted by Crippen LogP contribution is -2.16. The van der Waals surface area contributed by atoms with Crippen LogP contribution in [0.1, 0.15) is 6.92 Å². The zero-order valence-electron chi connectivity index (χ0n) is 14.2. The predicted octanol–water partition coefficient (Wildman–Crippen LogP) is 4.11. The van der Waals surface area contributed by atoms with Crippen LogP contribution in [-0.4, -0.2) is 26.4 Å². The lowest BCUT2D eigenvalue weighted by molar-refractivity contribution is -0.113. The van der Waals surface area contributed by atoms with Gasteiger partial charge < -0.3 is 9.88 Å². The fraction of sp³-hybridized carbons (Fsp3) is 0.167. The molecule has 0 atom stereocenters. The molecule has 0 aliphatic carbocycles. The molecule has 1 amide bonds. The highest BCUT2D eigenvalue weighted by Gasteiger charge is 2.16. The van der Waals surface area contributed by atoms with E-state index in [9.17, 15) is 18.0 Å². The average Bonchev–Trinajstić information content (AvgIpc) is 3.06. The number of halogens is 3. The molecule has 9 heteroatoms. The number of aromatic nitrogens is 3. The molecule has 0 unspecified atom stereocenters. The quantitative estimate of drug-likeness (QED) is 0.642. The second-order valence-corrected chi connectivity index (χ2v) is 6.44. The van der Waals surface area contributed by atoms with Gasteiger partial charge in [-0.2, -0.15) is 0 Å². The van der Waals surface area contributed by atoms with Gasteiger partial charge in [0.05, 0.1) is 5.75 Å². The maximum Gasteiger partial charge on any atom is 0.235 e. The summed E-state index contributed by atoms with van der Waals surface area (Å²) in [5, 5.41) is 10.8. The smallest absolute Gasteiger partial charge is 0.235 e. The van der Waals surface area contributed by atoms with Gasteiger partial charge in [0, 0.05) is 12.1 Å². The summed E-state index contributed by atoms with van der Waals surface area (Å²) in [4.78, 5) is 12.0. The average molecular weight is 392 g/mol. The van der Waals surface area contributed by atoms with E-state index in [1.807, 2.05) is 6.92 Å². The lowest BCUT2D eigenvalue weighted by Gasteiger charge is -2.09. The van der Waals surface area contributed by atoms with Crippen molar-refractivity contribution in [3.05, 3.63) is 59.9 Å². The Labute approximate surface area is 157 Å². The molecule has 0 aliphatic rings. The first kappa shape index (κ1) is 19.0. The summed E-state index contributed by atoms with van der Waals surface area (Å²) in [6.07, 6.45) is 0. The van der Waals surface area contributed by atoms with Gasteiger partial charge in [-0.1, -0.05) is 30.0 Å². The standard InChI is InChI=1S/C18H15F3N4OS/c1-2-25-17(11-5-3-6-12(19)9-11)23-24-18(25)27-10-15(26)22-16-13(20)7-4-8-14(16)21/h3-9H,2,10H2,1H3,(H,22,26). The van der Waals surface area contributed by atoms with Crippen molar-refractivity contribution in [2.75, 3.05) is 11.1 Å². The summed E-state index contributed by atoms with van der Waals surface area (Å²) < 4.78 is 42.4. The topological polar surface area (TPSA) is 59.8 Å². The molecule has 0 spiro atoms. The highest BCUT2D eigenvalue weighted by atomic mass is 32.2. The van der Waals surface area contributed by atoms with Crippen LogP contribution in [0.15, 0.2) is 47.6 Å². The summed E-state index contributed by atoms with van der Waals surface area (Å²) in [5.74, 6) is -2.31. The van der Waals surface area contributed by atoms with Gasteiger partial charge >= 0.3 is 0 Å². The molecule has 140 valence electrons. The van der Waals surface area contributed by atoms with Gasteiger partial charge in [-0.3, -0.25) is 4.79 Å². The van der Waals surface area contributed by atoms with Gasteiger partial charge in [-0.05, 0) is 31.2 Å². The maximum atomic E-state index is 13.6. The Kier molecular flexibility index (Phi) is 5.80. The molecule has 1 N–H and O–H groups in total. The Morgan fingerprint density at radius 2 is 1.81 bits per heavy atom. The first-order chi connectivity index (χ1) is 13.0. The molecule has 0 fully saturated rings. The second kappa shape index (κ2) is 8.26. The van der Waals surface area contributed by atoms with Gasteiger partial charge in [-0.25, -0.2) is 13.2 Å². The van der Waals surface area contributed by atoms with Crippen LogP contribution in [-0.2, 0) is 11.3 Å². The van der Waals surface area contributed by atoms with Crippen molar-refractivity contribution >= 4 is 23.4 Å². The summed E-state index contributed by atoms with van der Waals surface area (Å²) >= 11 is 1.07. The molecule has 0 saturated heterocycles. The molecular weight excluding hydrogens is 377 g/mol. The van der Waals surface area contributed by atoms with Crippen molar-refractivity contribution in [2.45, 2.75) is 18.6 Å². The molecule has 3 rings (SSSR count). The first-order valence-electron chi connectivity index (χ1n) is 8.05. The van der Waals surface area contributed by atoms with Crippen molar-refractivity contribution in [1.82, 2.24) is 14.8 Å². The molecule has 2 aromatic carbocycles. The number of hydrogen-bond acceptors (Lipinski definition) is 4. The number of hydrogen-bond donors (Lipinski definition) is 1. The van der Waals surface area contributed by atoms with Gasteiger partial charge in [0.15, 0.2) is 11.0 Å². The van der Waals surface area contributed by atoms with Crippen molar-refractivity contribution < 1.29 is 18.0 Å². The molecule has 0 bridgehead atoms. The number of nitrogens with zero attached hydrogens (tertiary/aromatic N) is 3. The lowest BCUT2D eigenvalue weighted by atomic mass is 10.2. The number of para-hydroxylation sites is 1. The van der Waals surface area contributed by atoms with E-state index in [-0.39, 0.29) is 5.75 Å². The Morgan fingerprint density at radius 3 is 2.48 bits per heavy atom. The SMILES string of the molecule is CCn1c(SCC(=O)Nc2c(F)cccc2F)nnc1-c1cccc(F)c1.